The summed E-state index contributed by atoms with van der Waals surface area (Å²) >= 11 is 5.08. The number of hydrogen-bond donors (Lipinski definition) is 2. The summed E-state index contributed by atoms with van der Waals surface area (Å²) in [6, 6.07) is 17.7. The quantitative estimate of drug-likeness (QED) is 0.719. The third kappa shape index (κ3) is 2.33. The zero-order valence-corrected chi connectivity index (χ0v) is 11.5. The lowest BCUT2D eigenvalue weighted by molar-refractivity contribution is 1.40. The summed E-state index contributed by atoms with van der Waals surface area (Å²) in [4.78, 5) is 4.80. The number of thiocarbonyl (C=S) groups is 1. The van der Waals surface area contributed by atoms with Crippen molar-refractivity contribution in [3.63, 3.8) is 0 Å². The number of benzene rings is 2. The number of pyridine rings is 1. The maximum Gasteiger partial charge on any atom is 0.106 e. The Kier molecular flexibility index (Phi) is 3.31. The van der Waals surface area contributed by atoms with Crippen molar-refractivity contribution in [3.05, 3.63) is 66.4 Å². The molecule has 0 radical (unpaired) electrons. The van der Waals surface area contributed by atoms with Gasteiger partial charge in [0.2, 0.25) is 0 Å². The molecule has 3 rings (SSSR count). The molecule has 0 spiro atoms. The minimum Gasteiger partial charge on any atom is -0.389 e. The molecule has 0 aliphatic heterocycles. The molecule has 0 aliphatic carbocycles. The van der Waals surface area contributed by atoms with E-state index < -0.39 is 0 Å². The number of para-hydroxylation sites is 2. The average Bonchev–Trinajstić information content (AvgIpc) is 2.48. The average molecular weight is 279 g/mol. The van der Waals surface area contributed by atoms with Crippen LogP contribution in [0.2, 0.25) is 0 Å². The molecule has 2 aromatic carbocycles. The number of nitrogens with one attached hydrogen (secondary N) is 1. The van der Waals surface area contributed by atoms with Gasteiger partial charge in [-0.1, -0.05) is 42.5 Å². The van der Waals surface area contributed by atoms with E-state index >= 15 is 0 Å². The summed E-state index contributed by atoms with van der Waals surface area (Å²) in [5.41, 5.74) is 9.33. The normalized spacial score (nSPS) is 10.4. The van der Waals surface area contributed by atoms with Crippen molar-refractivity contribution in [1.82, 2.24) is 4.98 Å². The molecule has 0 unspecified atom stereocenters. The fourth-order valence-electron chi connectivity index (χ4n) is 2.16. The predicted molar refractivity (Wildman–Crippen MR) is 87.4 cm³/mol. The van der Waals surface area contributed by atoms with Crippen molar-refractivity contribution in [2.45, 2.75) is 0 Å². The van der Waals surface area contributed by atoms with Crippen LogP contribution in [0.15, 0.2) is 60.8 Å². The minimum absolute atomic E-state index is 0.376. The molecule has 0 amide bonds. The molecule has 0 bridgehead atoms. The van der Waals surface area contributed by atoms with E-state index in [1.165, 1.54) is 0 Å². The monoisotopic (exact) mass is 279 g/mol. The third-order valence-electron chi connectivity index (χ3n) is 3.09. The fraction of sp³-hybridized carbons (Fsp3) is 0. The first-order valence-electron chi connectivity index (χ1n) is 6.25. The highest BCUT2D eigenvalue weighted by molar-refractivity contribution is 7.80. The van der Waals surface area contributed by atoms with E-state index in [0.29, 0.717) is 4.99 Å². The van der Waals surface area contributed by atoms with Crippen LogP contribution in [0.25, 0.3) is 10.9 Å². The van der Waals surface area contributed by atoms with Gasteiger partial charge in [0, 0.05) is 22.8 Å². The Balaban J connectivity index is 2.08. The van der Waals surface area contributed by atoms with Gasteiger partial charge < -0.3 is 11.1 Å². The van der Waals surface area contributed by atoms with Crippen LogP contribution < -0.4 is 11.1 Å². The van der Waals surface area contributed by atoms with Crippen molar-refractivity contribution >= 4 is 39.5 Å². The number of fused-ring (bicyclic) bond motifs is 1. The van der Waals surface area contributed by atoms with Gasteiger partial charge in [-0.15, -0.1) is 0 Å². The first-order chi connectivity index (χ1) is 9.75. The molecule has 0 saturated carbocycles. The van der Waals surface area contributed by atoms with E-state index in [4.69, 9.17) is 18.0 Å². The Labute approximate surface area is 122 Å². The summed E-state index contributed by atoms with van der Waals surface area (Å²) in [5, 5.41) is 4.46. The van der Waals surface area contributed by atoms with Crippen LogP contribution in [-0.4, -0.2) is 9.97 Å². The molecular formula is C16H13N3S. The van der Waals surface area contributed by atoms with Gasteiger partial charge in [0.05, 0.1) is 11.2 Å². The van der Waals surface area contributed by atoms with Crippen LogP contribution in [-0.2, 0) is 0 Å². The molecule has 20 heavy (non-hydrogen) atoms. The minimum atomic E-state index is 0.376. The van der Waals surface area contributed by atoms with Gasteiger partial charge in [0.25, 0.3) is 0 Å². The number of hydrogen-bond acceptors (Lipinski definition) is 3. The number of nitrogens with zero attached hydrogens (tertiary/aromatic N) is 1. The van der Waals surface area contributed by atoms with Gasteiger partial charge in [-0.25, -0.2) is 0 Å². The van der Waals surface area contributed by atoms with Crippen molar-refractivity contribution in [2.24, 2.45) is 5.73 Å². The highest BCUT2D eigenvalue weighted by atomic mass is 32.1. The van der Waals surface area contributed by atoms with Crippen molar-refractivity contribution in [2.75, 3.05) is 5.32 Å². The number of rotatable bonds is 3. The Morgan fingerprint density at radius 1 is 0.950 bits per heavy atom. The van der Waals surface area contributed by atoms with Crippen LogP contribution in [0.1, 0.15) is 5.56 Å². The van der Waals surface area contributed by atoms with E-state index in [1.54, 1.807) is 6.20 Å². The lowest BCUT2D eigenvalue weighted by Gasteiger charge is -2.12. The second-order valence-electron chi connectivity index (χ2n) is 4.42. The summed E-state index contributed by atoms with van der Waals surface area (Å²) in [5.74, 6) is 0. The van der Waals surface area contributed by atoms with Crippen molar-refractivity contribution < 1.29 is 0 Å². The standard InChI is InChI=1S/C16H13N3S/c17-16(20)12-7-1-2-8-13(12)19-14-9-3-5-11-6-4-10-18-15(11)14/h1-10,19H,(H2,17,20). The first kappa shape index (κ1) is 12.6. The van der Waals surface area contributed by atoms with E-state index in [2.05, 4.69) is 10.3 Å². The zero-order valence-electron chi connectivity index (χ0n) is 10.7. The molecule has 0 atom stereocenters. The molecule has 4 heteroatoms. The van der Waals surface area contributed by atoms with Gasteiger partial charge in [0.1, 0.15) is 4.99 Å². The Hall–Kier alpha value is -2.46. The molecule has 0 saturated heterocycles. The molecule has 3 N–H and O–H groups in total. The lowest BCUT2D eigenvalue weighted by Crippen LogP contribution is -2.11. The SMILES string of the molecule is NC(=S)c1ccccc1Nc1cccc2cccnc12. The smallest absolute Gasteiger partial charge is 0.106 e. The topological polar surface area (TPSA) is 50.9 Å². The molecule has 98 valence electrons. The van der Waals surface area contributed by atoms with Gasteiger partial charge >= 0.3 is 0 Å². The largest absolute Gasteiger partial charge is 0.389 e. The van der Waals surface area contributed by atoms with Crippen LogP contribution in [0.3, 0.4) is 0 Å². The summed E-state index contributed by atoms with van der Waals surface area (Å²) in [6.45, 7) is 0. The lowest BCUT2D eigenvalue weighted by atomic mass is 10.1. The van der Waals surface area contributed by atoms with E-state index in [1.807, 2.05) is 54.6 Å². The molecule has 0 aliphatic rings. The second kappa shape index (κ2) is 5.27. The molecular weight excluding hydrogens is 266 g/mol. The number of anilines is 2. The molecule has 1 aromatic heterocycles. The fourth-order valence-corrected chi connectivity index (χ4v) is 2.34. The molecule has 3 nitrogen and oxygen atoms in total. The molecule has 0 fully saturated rings. The van der Waals surface area contributed by atoms with Crippen molar-refractivity contribution in [3.8, 4) is 0 Å². The second-order valence-corrected chi connectivity index (χ2v) is 4.86. The maximum atomic E-state index is 5.76. The summed E-state index contributed by atoms with van der Waals surface area (Å²) in [7, 11) is 0. The predicted octanol–water partition coefficient (Wildman–Crippen LogP) is 3.61. The highest BCUT2D eigenvalue weighted by Crippen LogP contribution is 2.26. The van der Waals surface area contributed by atoms with Crippen LogP contribution >= 0.6 is 12.2 Å². The summed E-state index contributed by atoms with van der Waals surface area (Å²) in [6.07, 6.45) is 1.78. The van der Waals surface area contributed by atoms with Gasteiger partial charge in [-0.3, -0.25) is 4.98 Å². The Bertz CT molecular complexity index is 778. The Morgan fingerprint density at radius 3 is 2.55 bits per heavy atom. The highest BCUT2D eigenvalue weighted by Gasteiger charge is 2.07. The van der Waals surface area contributed by atoms with Gasteiger partial charge in [0.15, 0.2) is 0 Å². The number of nitrogens with two attached hydrogens (primary N) is 1. The van der Waals surface area contributed by atoms with Crippen molar-refractivity contribution in [1.29, 1.82) is 0 Å². The summed E-state index contributed by atoms with van der Waals surface area (Å²) < 4.78 is 0. The number of aromatic nitrogens is 1. The zero-order chi connectivity index (χ0) is 13.9. The van der Waals surface area contributed by atoms with Crippen LogP contribution in [0.5, 0.6) is 0 Å². The molecule has 1 heterocycles. The third-order valence-corrected chi connectivity index (χ3v) is 3.31. The Morgan fingerprint density at radius 2 is 1.70 bits per heavy atom. The maximum absolute atomic E-state index is 5.76. The van der Waals surface area contributed by atoms with Gasteiger partial charge in [-0.05, 0) is 24.3 Å². The van der Waals surface area contributed by atoms with E-state index in [-0.39, 0.29) is 0 Å². The first-order valence-corrected chi connectivity index (χ1v) is 6.66. The van der Waals surface area contributed by atoms with E-state index in [9.17, 15) is 0 Å². The van der Waals surface area contributed by atoms with E-state index in [0.717, 1.165) is 27.8 Å². The van der Waals surface area contributed by atoms with Crippen LogP contribution in [0.4, 0.5) is 11.4 Å². The van der Waals surface area contributed by atoms with Gasteiger partial charge in [-0.2, -0.15) is 0 Å². The molecule has 3 aromatic rings. The van der Waals surface area contributed by atoms with Crippen LogP contribution in [0, 0.1) is 0 Å².